The van der Waals surface area contributed by atoms with Gasteiger partial charge < -0.3 is 10.6 Å². The van der Waals surface area contributed by atoms with Gasteiger partial charge in [-0.1, -0.05) is 24.4 Å². The lowest BCUT2D eigenvalue weighted by molar-refractivity contribution is -0.124. The van der Waals surface area contributed by atoms with Crippen LogP contribution in [0.1, 0.15) is 43.7 Å². The normalized spacial score (nSPS) is 25.8. The third kappa shape index (κ3) is 3.74. The van der Waals surface area contributed by atoms with E-state index < -0.39 is 0 Å². The van der Waals surface area contributed by atoms with Crippen molar-refractivity contribution in [3.05, 3.63) is 28.8 Å². The summed E-state index contributed by atoms with van der Waals surface area (Å²) in [6.07, 6.45) is 5.43. The maximum absolute atomic E-state index is 12.5. The summed E-state index contributed by atoms with van der Waals surface area (Å²) in [5, 5.41) is 7.33. The molecule has 2 heterocycles. The maximum Gasteiger partial charge on any atom is 0.237 e. The van der Waals surface area contributed by atoms with Gasteiger partial charge in [0.25, 0.3) is 0 Å². The van der Waals surface area contributed by atoms with E-state index in [1.165, 1.54) is 23.3 Å². The minimum atomic E-state index is -0.0373. The zero-order chi connectivity index (χ0) is 14.7. The van der Waals surface area contributed by atoms with Gasteiger partial charge in [0.1, 0.15) is 0 Å². The molecule has 2 N–H and O–H groups in total. The van der Waals surface area contributed by atoms with Crippen molar-refractivity contribution in [1.82, 2.24) is 10.6 Å². The number of carbonyl (C=O) groups is 1. The summed E-state index contributed by atoms with van der Waals surface area (Å²) in [5.74, 6) is 1.18. The number of carbonyl (C=O) groups excluding carboxylic acids is 1. The van der Waals surface area contributed by atoms with Gasteiger partial charge >= 0.3 is 0 Å². The van der Waals surface area contributed by atoms with Crippen molar-refractivity contribution in [3.63, 3.8) is 0 Å². The fourth-order valence-electron chi connectivity index (χ4n) is 3.04. The summed E-state index contributed by atoms with van der Waals surface area (Å²) in [5.41, 5.74) is 1.17. The molecule has 21 heavy (non-hydrogen) atoms. The highest BCUT2D eigenvalue weighted by Gasteiger charge is 2.26. The van der Waals surface area contributed by atoms with Gasteiger partial charge in [0, 0.05) is 15.7 Å². The molecule has 0 bridgehead atoms. The van der Waals surface area contributed by atoms with E-state index in [4.69, 9.17) is 11.6 Å². The van der Waals surface area contributed by atoms with Crippen molar-refractivity contribution in [2.24, 2.45) is 0 Å². The first kappa shape index (κ1) is 15.2. The number of fused-ring (bicyclic) bond motifs is 1. The number of rotatable bonds is 2. The predicted molar refractivity (Wildman–Crippen MR) is 87.9 cm³/mol. The molecule has 1 aromatic rings. The van der Waals surface area contributed by atoms with Gasteiger partial charge in [0.15, 0.2) is 0 Å². The van der Waals surface area contributed by atoms with Crippen molar-refractivity contribution in [1.29, 1.82) is 0 Å². The van der Waals surface area contributed by atoms with Gasteiger partial charge in [-0.05, 0) is 49.6 Å². The molecular weight excluding hydrogens is 304 g/mol. The van der Waals surface area contributed by atoms with Crippen molar-refractivity contribution >= 4 is 29.3 Å². The van der Waals surface area contributed by atoms with Gasteiger partial charge in [0.2, 0.25) is 5.91 Å². The van der Waals surface area contributed by atoms with Crippen molar-refractivity contribution in [2.75, 3.05) is 12.3 Å². The minimum Gasteiger partial charge on any atom is -0.348 e. The largest absolute Gasteiger partial charge is 0.348 e. The molecule has 2 atom stereocenters. The second-order valence-electron chi connectivity index (χ2n) is 5.74. The molecule has 2 unspecified atom stereocenters. The first-order chi connectivity index (χ1) is 10.2. The van der Waals surface area contributed by atoms with E-state index in [1.54, 1.807) is 0 Å². The number of hydrogen-bond donors (Lipinski definition) is 2. The van der Waals surface area contributed by atoms with Crippen LogP contribution >= 0.6 is 23.4 Å². The van der Waals surface area contributed by atoms with Crippen LogP contribution in [0, 0.1) is 0 Å². The summed E-state index contributed by atoms with van der Waals surface area (Å²) < 4.78 is 0. The van der Waals surface area contributed by atoms with Gasteiger partial charge in [-0.3, -0.25) is 4.79 Å². The van der Waals surface area contributed by atoms with Crippen LogP contribution in [-0.4, -0.2) is 24.2 Å². The Morgan fingerprint density at radius 2 is 2.19 bits per heavy atom. The summed E-state index contributed by atoms with van der Waals surface area (Å²) >= 11 is 7.96. The highest BCUT2D eigenvalue weighted by Crippen LogP contribution is 2.37. The Kier molecular flexibility index (Phi) is 5.09. The van der Waals surface area contributed by atoms with E-state index in [-0.39, 0.29) is 18.0 Å². The fourth-order valence-corrected chi connectivity index (χ4v) is 4.33. The highest BCUT2D eigenvalue weighted by atomic mass is 35.5. The average molecular weight is 325 g/mol. The van der Waals surface area contributed by atoms with Crippen molar-refractivity contribution in [2.45, 2.75) is 49.1 Å². The van der Waals surface area contributed by atoms with E-state index in [1.807, 2.05) is 23.9 Å². The first-order valence-corrected chi connectivity index (χ1v) is 9.06. The molecule has 3 nitrogen and oxygen atoms in total. The average Bonchev–Trinajstić information content (AvgIpc) is 2.77. The van der Waals surface area contributed by atoms with Crippen LogP contribution in [0.2, 0.25) is 5.02 Å². The molecule has 1 fully saturated rings. The molecule has 114 valence electrons. The Balaban J connectivity index is 1.70. The lowest BCUT2D eigenvalue weighted by atomic mass is 10.0. The molecule has 1 aromatic carbocycles. The zero-order valence-corrected chi connectivity index (χ0v) is 13.6. The molecule has 0 saturated carbocycles. The SMILES string of the molecule is O=C(NC1CCSc2ccc(Cl)cc21)C1CCCCCN1. The summed E-state index contributed by atoms with van der Waals surface area (Å²) in [6, 6.07) is 6.03. The van der Waals surface area contributed by atoms with E-state index in [0.717, 1.165) is 36.6 Å². The Labute approximate surface area is 135 Å². The topological polar surface area (TPSA) is 41.1 Å². The number of nitrogens with one attached hydrogen (secondary N) is 2. The monoisotopic (exact) mass is 324 g/mol. The second-order valence-corrected chi connectivity index (χ2v) is 7.31. The van der Waals surface area contributed by atoms with E-state index >= 15 is 0 Å². The number of amides is 1. The van der Waals surface area contributed by atoms with Crippen molar-refractivity contribution in [3.8, 4) is 0 Å². The maximum atomic E-state index is 12.5. The molecule has 0 aromatic heterocycles. The van der Waals surface area contributed by atoms with Crippen LogP contribution < -0.4 is 10.6 Å². The Morgan fingerprint density at radius 3 is 3.10 bits per heavy atom. The highest BCUT2D eigenvalue weighted by molar-refractivity contribution is 7.99. The van der Waals surface area contributed by atoms with Gasteiger partial charge in [-0.2, -0.15) is 0 Å². The quantitative estimate of drug-likeness (QED) is 0.874. The number of benzene rings is 1. The van der Waals surface area contributed by atoms with Crippen LogP contribution in [0.15, 0.2) is 23.1 Å². The molecule has 0 radical (unpaired) electrons. The van der Waals surface area contributed by atoms with Crippen LogP contribution in [0.5, 0.6) is 0 Å². The lowest BCUT2D eigenvalue weighted by Gasteiger charge is -2.28. The Morgan fingerprint density at radius 1 is 1.29 bits per heavy atom. The fraction of sp³-hybridized carbons (Fsp3) is 0.562. The van der Waals surface area contributed by atoms with Crippen LogP contribution in [0.25, 0.3) is 0 Å². The van der Waals surface area contributed by atoms with E-state index in [0.29, 0.717) is 0 Å². The molecule has 2 aliphatic heterocycles. The molecular formula is C16H21ClN2OS. The van der Waals surface area contributed by atoms with E-state index in [9.17, 15) is 4.79 Å². The molecule has 1 saturated heterocycles. The smallest absolute Gasteiger partial charge is 0.237 e. The van der Waals surface area contributed by atoms with Gasteiger partial charge in [-0.15, -0.1) is 11.8 Å². The summed E-state index contributed by atoms with van der Waals surface area (Å²) in [4.78, 5) is 13.7. The third-order valence-electron chi connectivity index (χ3n) is 4.20. The number of halogens is 1. The predicted octanol–water partition coefficient (Wildman–Crippen LogP) is 3.53. The number of thioether (sulfide) groups is 1. The third-order valence-corrected chi connectivity index (χ3v) is 5.56. The van der Waals surface area contributed by atoms with E-state index in [2.05, 4.69) is 16.7 Å². The molecule has 1 amide bonds. The lowest BCUT2D eigenvalue weighted by Crippen LogP contribution is -2.45. The first-order valence-electron chi connectivity index (χ1n) is 7.70. The van der Waals surface area contributed by atoms with Crippen molar-refractivity contribution < 1.29 is 4.79 Å². The van der Waals surface area contributed by atoms with Crippen LogP contribution in [0.3, 0.4) is 0 Å². The minimum absolute atomic E-state index is 0.0373. The Hall–Kier alpha value is -0.710. The van der Waals surface area contributed by atoms with Crippen LogP contribution in [0.4, 0.5) is 0 Å². The summed E-state index contributed by atoms with van der Waals surface area (Å²) in [7, 11) is 0. The van der Waals surface area contributed by atoms with Gasteiger partial charge in [-0.25, -0.2) is 0 Å². The molecule has 5 heteroatoms. The molecule has 3 rings (SSSR count). The van der Waals surface area contributed by atoms with Gasteiger partial charge in [0.05, 0.1) is 12.1 Å². The number of hydrogen-bond acceptors (Lipinski definition) is 3. The summed E-state index contributed by atoms with van der Waals surface area (Å²) in [6.45, 7) is 0.945. The zero-order valence-electron chi connectivity index (χ0n) is 12.0. The molecule has 0 aliphatic carbocycles. The second kappa shape index (κ2) is 7.03. The Bertz CT molecular complexity index is 515. The molecule has 2 aliphatic rings. The molecule has 0 spiro atoms. The van der Waals surface area contributed by atoms with Crippen LogP contribution in [-0.2, 0) is 4.79 Å². The standard InChI is InChI=1S/C16H21ClN2OS/c17-11-5-6-15-12(10-11)13(7-9-21-15)19-16(20)14-4-2-1-3-8-18-14/h5-6,10,13-14,18H,1-4,7-9H2,(H,19,20).